The number of carbonyl (C=O) groups is 1. The summed E-state index contributed by atoms with van der Waals surface area (Å²) in [5.74, 6) is -0.580. The topological polar surface area (TPSA) is 109 Å². The van der Waals surface area contributed by atoms with Crippen LogP contribution in [0.5, 0.6) is 0 Å². The summed E-state index contributed by atoms with van der Waals surface area (Å²) in [5, 5.41) is 9.81. The third kappa shape index (κ3) is 5.92. The van der Waals surface area contributed by atoms with Crippen molar-refractivity contribution in [1.82, 2.24) is 29.9 Å². The van der Waals surface area contributed by atoms with Gasteiger partial charge in [-0.15, -0.1) is 13.2 Å². The van der Waals surface area contributed by atoms with E-state index in [1.54, 1.807) is 30.7 Å². The Morgan fingerprint density at radius 3 is 2.59 bits per heavy atom. The Morgan fingerprint density at radius 1 is 1.15 bits per heavy atom. The first-order chi connectivity index (χ1) is 18.4. The summed E-state index contributed by atoms with van der Waals surface area (Å²) in [6.07, 6.45) is -2.54. The minimum atomic E-state index is -4.65. The maximum absolute atomic E-state index is 12.9. The monoisotopic (exact) mass is 555 g/mol. The summed E-state index contributed by atoms with van der Waals surface area (Å²) in [5.41, 5.74) is 2.16. The third-order valence-electron chi connectivity index (χ3n) is 6.66. The number of nitrogens with zero attached hydrogens (tertiary/aromatic N) is 4. The van der Waals surface area contributed by atoms with Gasteiger partial charge in [0.15, 0.2) is 0 Å². The number of H-pyrrole nitrogens is 1. The van der Waals surface area contributed by atoms with Crippen LogP contribution in [0.25, 0.3) is 27.7 Å². The molecule has 9 nitrogen and oxygen atoms in total. The average Bonchev–Trinajstić information content (AvgIpc) is 3.47. The van der Waals surface area contributed by atoms with E-state index in [0.717, 1.165) is 6.92 Å². The molecule has 0 aromatic carbocycles. The minimum absolute atomic E-state index is 0.00844. The van der Waals surface area contributed by atoms with Gasteiger partial charge in [-0.25, -0.2) is 9.50 Å². The van der Waals surface area contributed by atoms with Gasteiger partial charge in [-0.2, -0.15) is 23.3 Å². The molecule has 15 heteroatoms. The summed E-state index contributed by atoms with van der Waals surface area (Å²) in [6, 6.07) is 1.24. The average molecular weight is 555 g/mol. The summed E-state index contributed by atoms with van der Waals surface area (Å²) in [4.78, 5) is 24.4. The summed E-state index contributed by atoms with van der Waals surface area (Å²) < 4.78 is 81.5. The molecule has 1 aliphatic rings. The second-order valence-electron chi connectivity index (χ2n) is 9.38. The molecule has 4 heterocycles. The fraction of sp³-hybridized carbons (Fsp3) is 0.417. The second-order valence-corrected chi connectivity index (χ2v) is 9.38. The van der Waals surface area contributed by atoms with Crippen LogP contribution >= 0.6 is 0 Å². The van der Waals surface area contributed by atoms with Crippen LogP contribution in [-0.4, -0.2) is 61.2 Å². The summed E-state index contributed by atoms with van der Waals surface area (Å²) in [6.45, 7) is 0.859. The minimum Gasteiger partial charge on any atom is -0.351 e. The van der Waals surface area contributed by atoms with Crippen molar-refractivity contribution in [3.05, 3.63) is 42.5 Å². The number of amides is 1. The number of alkyl halides is 6. The molecule has 4 aromatic rings. The Labute approximate surface area is 217 Å². The molecule has 1 atom stereocenters. The molecule has 0 saturated heterocycles. The molecule has 1 amide bonds. The van der Waals surface area contributed by atoms with Crippen molar-refractivity contribution in [2.45, 2.75) is 63.3 Å². The molecular formula is C24H23F6N7O2. The third-order valence-corrected chi connectivity index (χ3v) is 6.66. The zero-order valence-electron chi connectivity index (χ0n) is 20.4. The van der Waals surface area contributed by atoms with E-state index in [9.17, 15) is 31.1 Å². The van der Waals surface area contributed by atoms with E-state index < -0.39 is 30.6 Å². The molecule has 0 bridgehead atoms. The number of aromatic nitrogens is 5. The number of rotatable bonds is 6. The maximum atomic E-state index is 12.9. The number of pyridine rings is 1. The predicted octanol–water partition coefficient (Wildman–Crippen LogP) is 5.21. The van der Waals surface area contributed by atoms with E-state index in [1.807, 2.05) is 5.32 Å². The molecule has 1 aliphatic carbocycles. The lowest BCUT2D eigenvalue weighted by atomic mass is 9.93. The Kier molecular flexibility index (Phi) is 6.86. The zero-order chi connectivity index (χ0) is 27.9. The van der Waals surface area contributed by atoms with Crippen LogP contribution < -0.4 is 10.6 Å². The van der Waals surface area contributed by atoms with Crippen molar-refractivity contribution < 1.29 is 35.9 Å². The number of carbonyl (C=O) groups excluding carboxylic acids is 1. The molecule has 5 rings (SSSR count). The van der Waals surface area contributed by atoms with Crippen molar-refractivity contribution in [3.63, 3.8) is 0 Å². The largest absolute Gasteiger partial charge is 0.522 e. The molecule has 39 heavy (non-hydrogen) atoms. The van der Waals surface area contributed by atoms with Crippen LogP contribution in [0.3, 0.4) is 0 Å². The van der Waals surface area contributed by atoms with Gasteiger partial charge in [-0.1, -0.05) is 0 Å². The van der Waals surface area contributed by atoms with E-state index >= 15 is 0 Å². The van der Waals surface area contributed by atoms with Crippen molar-refractivity contribution in [1.29, 1.82) is 0 Å². The van der Waals surface area contributed by atoms with Crippen molar-refractivity contribution in [3.8, 4) is 11.1 Å². The predicted molar refractivity (Wildman–Crippen MR) is 128 cm³/mol. The molecule has 3 N–H and O–H groups in total. The zero-order valence-corrected chi connectivity index (χ0v) is 20.4. The highest BCUT2D eigenvalue weighted by atomic mass is 19.4. The van der Waals surface area contributed by atoms with Crippen molar-refractivity contribution >= 4 is 28.4 Å². The van der Waals surface area contributed by atoms with Crippen molar-refractivity contribution in [2.24, 2.45) is 0 Å². The van der Waals surface area contributed by atoms with Gasteiger partial charge in [0, 0.05) is 35.6 Å². The standard InChI is InChI=1S/C24H23F6N7O2/c1-12(23(25,26)27)34-21(38)18-11-33-37-7-6-13(8-19(18)37)16-9-31-20-17(16)10-32-22(36-20)35-14-2-4-15(5-3-14)39-24(28,29)30/h6-12,14-15H,2-5H2,1H3,(H,34,38)(H2,31,32,35,36)/t12-,14?,15?/m1/s1. The molecule has 0 aliphatic heterocycles. The number of nitrogens with one attached hydrogen (secondary N) is 3. The van der Waals surface area contributed by atoms with Crippen LogP contribution in [0.2, 0.25) is 0 Å². The van der Waals surface area contributed by atoms with Crippen molar-refractivity contribution in [2.75, 3.05) is 5.32 Å². The highest BCUT2D eigenvalue weighted by Crippen LogP contribution is 2.31. The quantitative estimate of drug-likeness (QED) is 0.282. The van der Waals surface area contributed by atoms with Gasteiger partial charge in [-0.05, 0) is 50.3 Å². The fourth-order valence-electron chi connectivity index (χ4n) is 4.59. The van der Waals surface area contributed by atoms with Gasteiger partial charge in [-0.3, -0.25) is 9.53 Å². The number of halogens is 6. The van der Waals surface area contributed by atoms with E-state index in [0.29, 0.717) is 46.5 Å². The molecule has 0 unspecified atom stereocenters. The van der Waals surface area contributed by atoms with E-state index in [1.165, 1.54) is 10.7 Å². The van der Waals surface area contributed by atoms with E-state index in [4.69, 9.17) is 0 Å². The Morgan fingerprint density at radius 2 is 1.90 bits per heavy atom. The number of ether oxygens (including phenoxy) is 1. The van der Waals surface area contributed by atoms with Crippen LogP contribution in [0.15, 0.2) is 36.9 Å². The number of aromatic amines is 1. The summed E-state index contributed by atoms with van der Waals surface area (Å²) >= 11 is 0. The van der Waals surface area contributed by atoms with Gasteiger partial charge in [0.05, 0.1) is 23.4 Å². The molecule has 0 radical (unpaired) electrons. The Bertz CT molecular complexity index is 1490. The SMILES string of the molecule is C[C@@H](NC(=O)c1cnn2ccc(-c3c[nH]c4nc(NC5CCC(OC(F)(F)F)CC5)ncc34)cc12)C(F)(F)F. The molecular weight excluding hydrogens is 532 g/mol. The molecule has 1 fully saturated rings. The number of anilines is 1. The van der Waals surface area contributed by atoms with Crippen LogP contribution in [0.1, 0.15) is 43.0 Å². The normalized spacial score (nSPS) is 19.4. The van der Waals surface area contributed by atoms with Crippen LogP contribution in [0, 0.1) is 0 Å². The van der Waals surface area contributed by atoms with Crippen LogP contribution in [0.4, 0.5) is 32.3 Å². The first kappa shape index (κ1) is 26.7. The van der Waals surface area contributed by atoms with Gasteiger partial charge in [0.1, 0.15) is 11.7 Å². The second kappa shape index (κ2) is 10.0. The van der Waals surface area contributed by atoms with E-state index in [2.05, 4.69) is 30.1 Å². The van der Waals surface area contributed by atoms with E-state index in [-0.39, 0.29) is 24.4 Å². The number of fused-ring (bicyclic) bond motifs is 2. The lowest BCUT2D eigenvalue weighted by molar-refractivity contribution is -0.345. The summed E-state index contributed by atoms with van der Waals surface area (Å²) in [7, 11) is 0. The van der Waals surface area contributed by atoms with Gasteiger partial charge >= 0.3 is 12.5 Å². The first-order valence-corrected chi connectivity index (χ1v) is 12.1. The first-order valence-electron chi connectivity index (χ1n) is 12.1. The molecule has 0 spiro atoms. The smallest absolute Gasteiger partial charge is 0.351 e. The number of hydrogen-bond acceptors (Lipinski definition) is 6. The Hall–Kier alpha value is -3.88. The lowest BCUT2D eigenvalue weighted by Crippen LogP contribution is -2.43. The number of hydrogen-bond donors (Lipinski definition) is 3. The molecule has 1 saturated carbocycles. The highest BCUT2D eigenvalue weighted by Gasteiger charge is 2.37. The van der Waals surface area contributed by atoms with Gasteiger partial charge < -0.3 is 15.6 Å². The van der Waals surface area contributed by atoms with Crippen LogP contribution in [-0.2, 0) is 4.74 Å². The van der Waals surface area contributed by atoms with Gasteiger partial charge in [0.2, 0.25) is 5.95 Å². The highest BCUT2D eigenvalue weighted by molar-refractivity contribution is 6.02. The Balaban J connectivity index is 1.32. The van der Waals surface area contributed by atoms with Gasteiger partial charge in [0.25, 0.3) is 5.91 Å². The lowest BCUT2D eigenvalue weighted by Gasteiger charge is -2.29. The maximum Gasteiger partial charge on any atom is 0.522 e. The molecule has 208 valence electrons. The fourth-order valence-corrected chi connectivity index (χ4v) is 4.59. The molecule has 4 aromatic heterocycles.